The molecule has 0 aliphatic rings. The Bertz CT molecular complexity index is 144. The molecule has 1 N–H and O–H groups in total. The topological polar surface area (TPSA) is 46.5 Å². The summed E-state index contributed by atoms with van der Waals surface area (Å²) in [6.07, 6.45) is 2.01. The van der Waals surface area contributed by atoms with Crippen molar-refractivity contribution in [3.05, 3.63) is 0 Å². The molecule has 0 atom stereocenters. The first-order valence-electron chi connectivity index (χ1n) is 2.40. The highest BCUT2D eigenvalue weighted by molar-refractivity contribution is 5.39. The molecule has 0 fully saturated rings. The molecule has 0 aliphatic carbocycles. The maximum Gasteiger partial charge on any atom is 0.307 e. The molecule has 0 saturated heterocycles. The first kappa shape index (κ1) is 7.99. The number of ether oxygens (including phenoxy) is 1. The Hall–Kier alpha value is -1.01. The second-order valence-electron chi connectivity index (χ2n) is 2.00. The highest BCUT2D eigenvalue weighted by Gasteiger charge is 2.05. The maximum atomic E-state index is 9.48. The van der Waals surface area contributed by atoms with Crippen LogP contribution in [-0.2, 0) is 9.53 Å². The van der Waals surface area contributed by atoms with E-state index in [1.54, 1.807) is 0 Å². The number of aliphatic hydroxyl groups is 1. The molecule has 0 radical (unpaired) electrons. The third-order valence-electron chi connectivity index (χ3n) is 0.464. The van der Waals surface area contributed by atoms with Crippen LogP contribution in [0.25, 0.3) is 0 Å². The normalized spacial score (nSPS) is 9.22. The first-order chi connectivity index (χ1) is 4.06. The Kier molecular flexibility index (Phi) is 2.75. The minimum atomic E-state index is -1.09. The Labute approximate surface area is 53.6 Å². The zero-order chi connectivity index (χ0) is 7.33. The summed E-state index contributed by atoms with van der Waals surface area (Å²) >= 11 is 0. The van der Waals surface area contributed by atoms with E-state index in [1.807, 2.05) is 6.11 Å². The Balaban J connectivity index is 3.72. The van der Waals surface area contributed by atoms with E-state index in [0.717, 1.165) is 0 Å². The van der Waals surface area contributed by atoms with Crippen LogP contribution in [0.5, 0.6) is 0 Å². The van der Waals surface area contributed by atoms with Crippen molar-refractivity contribution in [2.45, 2.75) is 19.4 Å². The Morgan fingerprint density at radius 1 is 1.67 bits per heavy atom. The summed E-state index contributed by atoms with van der Waals surface area (Å²) in [5.41, 5.74) is -1.09. The first-order valence-corrected chi connectivity index (χ1v) is 2.40. The van der Waals surface area contributed by atoms with Gasteiger partial charge in [0.2, 0.25) is 0 Å². The lowest BCUT2D eigenvalue weighted by atomic mass is 10.2. The van der Waals surface area contributed by atoms with Crippen molar-refractivity contribution in [1.82, 2.24) is 0 Å². The third-order valence-corrected chi connectivity index (χ3v) is 0.464. The van der Waals surface area contributed by atoms with Crippen molar-refractivity contribution >= 4 is 6.47 Å². The van der Waals surface area contributed by atoms with Gasteiger partial charge in [-0.25, -0.2) is 0 Å². The molecule has 3 nitrogen and oxygen atoms in total. The van der Waals surface area contributed by atoms with Crippen LogP contribution in [0.4, 0.5) is 0 Å². The van der Waals surface area contributed by atoms with Gasteiger partial charge in [-0.2, -0.15) is 0 Å². The van der Waals surface area contributed by atoms with Crippen LogP contribution in [0, 0.1) is 12.0 Å². The van der Waals surface area contributed by atoms with Gasteiger partial charge in [0.1, 0.15) is 11.7 Å². The third kappa shape index (κ3) is 6.99. The summed E-state index contributed by atoms with van der Waals surface area (Å²) in [6.45, 7) is 3.20. The molecule has 3 heteroatoms. The summed E-state index contributed by atoms with van der Waals surface area (Å²) in [5, 5.41) is 8.87. The molecule has 0 aromatic rings. The van der Waals surface area contributed by atoms with Gasteiger partial charge in [-0.15, -0.1) is 0 Å². The highest BCUT2D eigenvalue weighted by atomic mass is 16.5. The van der Waals surface area contributed by atoms with Crippen LogP contribution in [0.2, 0.25) is 0 Å². The summed E-state index contributed by atoms with van der Waals surface area (Å²) in [4.78, 5) is 9.48. The highest BCUT2D eigenvalue weighted by Crippen LogP contribution is 1.95. The van der Waals surface area contributed by atoms with Gasteiger partial charge >= 0.3 is 6.47 Å². The van der Waals surface area contributed by atoms with E-state index in [1.165, 1.54) is 13.8 Å². The fourth-order valence-electron chi connectivity index (χ4n) is 0.178. The van der Waals surface area contributed by atoms with Gasteiger partial charge in [-0.1, -0.05) is 0 Å². The van der Waals surface area contributed by atoms with Gasteiger partial charge in [0.25, 0.3) is 0 Å². The largest absolute Gasteiger partial charge is 0.378 e. The molecule has 0 aromatic carbocycles. The average molecular weight is 128 g/mol. The van der Waals surface area contributed by atoms with Gasteiger partial charge in [0.15, 0.2) is 0 Å². The van der Waals surface area contributed by atoms with Gasteiger partial charge < -0.3 is 9.84 Å². The molecule has 0 bridgehead atoms. The Morgan fingerprint density at radius 2 is 2.22 bits per heavy atom. The molecule has 0 aliphatic heterocycles. The van der Waals surface area contributed by atoms with E-state index in [0.29, 0.717) is 0 Å². The smallest absolute Gasteiger partial charge is 0.307 e. The number of hydrogen-bond donors (Lipinski definition) is 1. The number of hydrogen-bond acceptors (Lipinski definition) is 3. The second kappa shape index (κ2) is 3.10. The second-order valence-corrected chi connectivity index (χ2v) is 2.00. The predicted molar refractivity (Wildman–Crippen MR) is 31.2 cm³/mol. The minimum absolute atomic E-state index is 0.207. The van der Waals surface area contributed by atoms with Crippen molar-refractivity contribution < 1.29 is 14.6 Å². The van der Waals surface area contributed by atoms with Gasteiger partial charge in [-0.05, 0) is 19.8 Å². The molecule has 0 heterocycles. The van der Waals surface area contributed by atoms with Crippen LogP contribution >= 0.6 is 0 Å². The van der Waals surface area contributed by atoms with Crippen LogP contribution in [0.15, 0.2) is 0 Å². The summed E-state index contributed by atoms with van der Waals surface area (Å²) in [5.74, 6) is 2.27. The summed E-state index contributed by atoms with van der Waals surface area (Å²) in [6, 6.07) is 0. The lowest BCUT2D eigenvalue weighted by molar-refractivity contribution is -0.122. The molecule has 0 saturated carbocycles. The van der Waals surface area contributed by atoms with Crippen LogP contribution < -0.4 is 0 Å². The fourth-order valence-corrected chi connectivity index (χ4v) is 0.178. The zero-order valence-corrected chi connectivity index (χ0v) is 5.34. The van der Waals surface area contributed by atoms with Gasteiger partial charge in [0.05, 0.1) is 0 Å². The molecular formula is C6H8O3. The Morgan fingerprint density at radius 3 is 2.56 bits per heavy atom. The average Bonchev–Trinajstić information content (AvgIpc) is 1.63. The standard InChI is InChI=1S/C6H8O3/c1-6(2,8)3-4-9-5-7/h5,8H,1-2H3. The predicted octanol–water partition coefficient (Wildman–Crippen LogP) is -0.109. The lowest BCUT2D eigenvalue weighted by Crippen LogP contribution is -2.14. The molecule has 9 heavy (non-hydrogen) atoms. The monoisotopic (exact) mass is 128 g/mol. The van der Waals surface area contributed by atoms with Crippen molar-refractivity contribution in [3.63, 3.8) is 0 Å². The van der Waals surface area contributed by atoms with Crippen molar-refractivity contribution in [1.29, 1.82) is 0 Å². The van der Waals surface area contributed by atoms with E-state index in [2.05, 4.69) is 10.7 Å². The van der Waals surface area contributed by atoms with E-state index in [4.69, 9.17) is 5.11 Å². The van der Waals surface area contributed by atoms with E-state index in [9.17, 15) is 4.79 Å². The molecular weight excluding hydrogens is 120 g/mol. The molecule has 0 rings (SSSR count). The van der Waals surface area contributed by atoms with E-state index in [-0.39, 0.29) is 6.47 Å². The molecule has 50 valence electrons. The van der Waals surface area contributed by atoms with Crippen molar-refractivity contribution in [2.75, 3.05) is 0 Å². The number of rotatable bonds is 1. The molecule has 0 aromatic heterocycles. The lowest BCUT2D eigenvalue weighted by Gasteiger charge is -2.04. The zero-order valence-electron chi connectivity index (χ0n) is 5.34. The van der Waals surface area contributed by atoms with Gasteiger partial charge in [0, 0.05) is 0 Å². The van der Waals surface area contributed by atoms with Gasteiger partial charge in [-0.3, -0.25) is 4.79 Å². The van der Waals surface area contributed by atoms with Crippen LogP contribution in [0.3, 0.4) is 0 Å². The van der Waals surface area contributed by atoms with E-state index >= 15 is 0 Å². The molecule has 0 unspecified atom stereocenters. The van der Waals surface area contributed by atoms with E-state index < -0.39 is 5.60 Å². The van der Waals surface area contributed by atoms with Crippen LogP contribution in [-0.4, -0.2) is 17.2 Å². The number of carbonyl (C=O) groups is 1. The fraction of sp³-hybridized carbons (Fsp3) is 0.500. The summed E-state index contributed by atoms with van der Waals surface area (Å²) in [7, 11) is 0. The number of carbonyl (C=O) groups excluding carboxylic acids is 1. The minimum Gasteiger partial charge on any atom is -0.378 e. The molecule has 0 amide bonds. The van der Waals surface area contributed by atoms with Crippen molar-refractivity contribution in [2.24, 2.45) is 0 Å². The van der Waals surface area contributed by atoms with Crippen molar-refractivity contribution in [3.8, 4) is 12.0 Å². The maximum absolute atomic E-state index is 9.48. The molecule has 0 spiro atoms. The van der Waals surface area contributed by atoms with Crippen LogP contribution in [0.1, 0.15) is 13.8 Å². The SMILES string of the molecule is CC(C)(O)C#COC=O. The summed E-state index contributed by atoms with van der Waals surface area (Å²) < 4.78 is 4.01. The quantitative estimate of drug-likeness (QED) is 0.396.